The SMILES string of the molecule is O=C(CSc1nc2[nH]ncc2c(=O)n1-c1cccc(Cl)c1)NC1CCCC1. The van der Waals surface area contributed by atoms with E-state index in [1.807, 2.05) is 0 Å². The molecule has 2 heterocycles. The van der Waals surface area contributed by atoms with Gasteiger partial charge in [0.2, 0.25) is 5.91 Å². The van der Waals surface area contributed by atoms with Gasteiger partial charge in [0, 0.05) is 11.1 Å². The van der Waals surface area contributed by atoms with Gasteiger partial charge in [-0.2, -0.15) is 5.10 Å². The topological polar surface area (TPSA) is 92.7 Å². The molecule has 0 radical (unpaired) electrons. The summed E-state index contributed by atoms with van der Waals surface area (Å²) in [6.45, 7) is 0. The molecule has 0 spiro atoms. The number of carbonyl (C=O) groups excluding carboxylic acids is 1. The maximum Gasteiger partial charge on any atom is 0.269 e. The van der Waals surface area contributed by atoms with Crippen molar-refractivity contribution in [2.45, 2.75) is 36.9 Å². The molecule has 3 aromatic rings. The number of amides is 1. The standard InChI is InChI=1S/C18H18ClN5O2S/c19-11-4-3-7-13(8-11)24-17(26)14-9-20-23-16(14)22-18(24)27-10-15(25)21-12-5-1-2-6-12/h3-4,7-9,12H,1-2,5-6,10H2,(H,20,23)(H,21,25). The van der Waals surface area contributed by atoms with Gasteiger partial charge in [0.05, 0.1) is 17.6 Å². The lowest BCUT2D eigenvalue weighted by Crippen LogP contribution is -2.34. The second kappa shape index (κ2) is 7.74. The highest BCUT2D eigenvalue weighted by Crippen LogP contribution is 2.23. The molecule has 2 N–H and O–H groups in total. The lowest BCUT2D eigenvalue weighted by Gasteiger charge is -2.14. The molecule has 4 rings (SSSR count). The van der Waals surface area contributed by atoms with Crippen molar-refractivity contribution in [1.82, 2.24) is 25.1 Å². The Bertz CT molecular complexity index is 1040. The van der Waals surface area contributed by atoms with Gasteiger partial charge in [-0.1, -0.05) is 42.3 Å². The number of H-pyrrole nitrogens is 1. The van der Waals surface area contributed by atoms with Crippen LogP contribution in [0.4, 0.5) is 0 Å². The summed E-state index contributed by atoms with van der Waals surface area (Å²) in [5.74, 6) is 0.131. The predicted molar refractivity (Wildman–Crippen MR) is 106 cm³/mol. The van der Waals surface area contributed by atoms with Crippen molar-refractivity contribution in [2.24, 2.45) is 0 Å². The smallest absolute Gasteiger partial charge is 0.269 e. The first-order valence-corrected chi connectivity index (χ1v) is 10.1. The maximum atomic E-state index is 13.0. The highest BCUT2D eigenvalue weighted by Gasteiger charge is 2.19. The molecule has 0 aliphatic heterocycles. The number of rotatable bonds is 5. The number of thioether (sulfide) groups is 1. The number of hydrogen-bond donors (Lipinski definition) is 2. The molecule has 2 aromatic heterocycles. The molecule has 1 aliphatic carbocycles. The number of carbonyl (C=O) groups is 1. The molecule has 27 heavy (non-hydrogen) atoms. The summed E-state index contributed by atoms with van der Waals surface area (Å²) in [6.07, 6.45) is 5.83. The van der Waals surface area contributed by atoms with Crippen molar-refractivity contribution in [3.63, 3.8) is 0 Å². The number of aromatic amines is 1. The fourth-order valence-corrected chi connectivity index (χ4v) is 4.28. The Morgan fingerprint density at radius 3 is 2.96 bits per heavy atom. The van der Waals surface area contributed by atoms with E-state index in [1.54, 1.807) is 24.3 Å². The van der Waals surface area contributed by atoms with E-state index in [0.717, 1.165) is 25.7 Å². The Labute approximate surface area is 164 Å². The molecule has 0 atom stereocenters. The van der Waals surface area contributed by atoms with Gasteiger partial charge >= 0.3 is 0 Å². The number of nitrogens with one attached hydrogen (secondary N) is 2. The van der Waals surface area contributed by atoms with E-state index in [4.69, 9.17) is 11.6 Å². The van der Waals surface area contributed by atoms with Gasteiger partial charge in [0.25, 0.3) is 5.56 Å². The number of nitrogens with zero attached hydrogens (tertiary/aromatic N) is 3. The summed E-state index contributed by atoms with van der Waals surface area (Å²) in [4.78, 5) is 29.7. The highest BCUT2D eigenvalue weighted by molar-refractivity contribution is 7.99. The monoisotopic (exact) mass is 403 g/mol. The third-order valence-electron chi connectivity index (χ3n) is 4.57. The van der Waals surface area contributed by atoms with Crippen molar-refractivity contribution in [2.75, 3.05) is 5.75 Å². The minimum atomic E-state index is -0.255. The molecule has 1 saturated carbocycles. The minimum Gasteiger partial charge on any atom is -0.353 e. The average molecular weight is 404 g/mol. The molecule has 0 bridgehead atoms. The third kappa shape index (κ3) is 3.86. The first-order valence-electron chi connectivity index (χ1n) is 8.76. The lowest BCUT2D eigenvalue weighted by atomic mass is 10.2. The number of halogens is 1. The number of benzene rings is 1. The van der Waals surface area contributed by atoms with Crippen molar-refractivity contribution in [1.29, 1.82) is 0 Å². The molecular formula is C18H18ClN5O2S. The summed E-state index contributed by atoms with van der Waals surface area (Å²) in [6, 6.07) is 7.24. The second-order valence-corrected chi connectivity index (χ2v) is 7.86. The van der Waals surface area contributed by atoms with Crippen LogP contribution in [0.5, 0.6) is 0 Å². The van der Waals surface area contributed by atoms with Crippen LogP contribution in [0.2, 0.25) is 5.02 Å². The number of fused-ring (bicyclic) bond motifs is 1. The first-order chi connectivity index (χ1) is 13.1. The Balaban J connectivity index is 1.65. The van der Waals surface area contributed by atoms with Crippen LogP contribution in [0.1, 0.15) is 25.7 Å². The van der Waals surface area contributed by atoms with Crippen LogP contribution >= 0.6 is 23.4 Å². The summed E-state index contributed by atoms with van der Waals surface area (Å²) in [7, 11) is 0. The van der Waals surface area contributed by atoms with E-state index in [-0.39, 0.29) is 23.3 Å². The van der Waals surface area contributed by atoms with E-state index >= 15 is 0 Å². The van der Waals surface area contributed by atoms with Crippen LogP contribution in [0.15, 0.2) is 40.4 Å². The largest absolute Gasteiger partial charge is 0.353 e. The van der Waals surface area contributed by atoms with Crippen LogP contribution in [0.3, 0.4) is 0 Å². The Morgan fingerprint density at radius 1 is 1.37 bits per heavy atom. The number of hydrogen-bond acceptors (Lipinski definition) is 5. The summed E-state index contributed by atoms with van der Waals surface area (Å²) in [5, 5.41) is 11.0. The van der Waals surface area contributed by atoms with E-state index in [9.17, 15) is 9.59 Å². The summed E-state index contributed by atoms with van der Waals surface area (Å²) >= 11 is 7.31. The summed E-state index contributed by atoms with van der Waals surface area (Å²) in [5.41, 5.74) is 0.744. The minimum absolute atomic E-state index is 0.0523. The van der Waals surface area contributed by atoms with Gasteiger partial charge in [0.1, 0.15) is 5.39 Å². The third-order valence-corrected chi connectivity index (χ3v) is 5.74. The van der Waals surface area contributed by atoms with E-state index in [2.05, 4.69) is 20.5 Å². The average Bonchev–Trinajstić information content (AvgIpc) is 3.31. The zero-order valence-corrected chi connectivity index (χ0v) is 16.0. The molecule has 1 aromatic carbocycles. The second-order valence-electron chi connectivity index (χ2n) is 6.48. The fraction of sp³-hybridized carbons (Fsp3) is 0.333. The molecule has 1 aliphatic rings. The fourth-order valence-electron chi connectivity index (χ4n) is 3.28. The molecule has 0 unspecified atom stereocenters. The van der Waals surface area contributed by atoms with Crippen LogP contribution in [-0.4, -0.2) is 37.5 Å². The van der Waals surface area contributed by atoms with E-state index in [0.29, 0.717) is 26.9 Å². The Morgan fingerprint density at radius 2 is 2.19 bits per heavy atom. The van der Waals surface area contributed by atoms with Gasteiger partial charge in [0.15, 0.2) is 10.8 Å². The van der Waals surface area contributed by atoms with Gasteiger partial charge in [-0.05, 0) is 31.0 Å². The van der Waals surface area contributed by atoms with Crippen LogP contribution in [0, 0.1) is 0 Å². The molecule has 0 saturated heterocycles. The first kappa shape index (κ1) is 18.1. The van der Waals surface area contributed by atoms with Crippen molar-refractivity contribution in [3.8, 4) is 5.69 Å². The molecule has 1 amide bonds. The molecule has 7 nitrogen and oxygen atoms in total. The lowest BCUT2D eigenvalue weighted by molar-refractivity contribution is -0.119. The van der Waals surface area contributed by atoms with Gasteiger partial charge < -0.3 is 5.32 Å². The highest BCUT2D eigenvalue weighted by atomic mass is 35.5. The van der Waals surface area contributed by atoms with Crippen molar-refractivity contribution >= 4 is 40.3 Å². The molecule has 140 valence electrons. The van der Waals surface area contributed by atoms with Crippen molar-refractivity contribution in [3.05, 3.63) is 45.8 Å². The van der Waals surface area contributed by atoms with Gasteiger partial charge in [-0.25, -0.2) is 4.98 Å². The summed E-state index contributed by atoms with van der Waals surface area (Å²) < 4.78 is 1.47. The van der Waals surface area contributed by atoms with Crippen LogP contribution in [0.25, 0.3) is 16.7 Å². The van der Waals surface area contributed by atoms with Crippen molar-refractivity contribution < 1.29 is 4.79 Å². The molecular weight excluding hydrogens is 386 g/mol. The van der Waals surface area contributed by atoms with E-state index < -0.39 is 0 Å². The zero-order chi connectivity index (χ0) is 18.8. The Hall–Kier alpha value is -2.32. The number of aromatic nitrogens is 4. The van der Waals surface area contributed by atoms with Crippen LogP contribution < -0.4 is 10.9 Å². The maximum absolute atomic E-state index is 13.0. The van der Waals surface area contributed by atoms with Gasteiger partial charge in [-0.3, -0.25) is 19.3 Å². The zero-order valence-electron chi connectivity index (χ0n) is 14.4. The normalized spacial score (nSPS) is 14.7. The predicted octanol–water partition coefficient (Wildman–Crippen LogP) is 2.91. The Kier molecular flexibility index (Phi) is 5.18. The quantitative estimate of drug-likeness (QED) is 0.504. The molecule has 1 fully saturated rings. The molecule has 9 heteroatoms. The van der Waals surface area contributed by atoms with Gasteiger partial charge in [-0.15, -0.1) is 0 Å². The van der Waals surface area contributed by atoms with Crippen LogP contribution in [-0.2, 0) is 4.79 Å². The van der Waals surface area contributed by atoms with E-state index in [1.165, 1.54) is 22.5 Å².